The lowest BCUT2D eigenvalue weighted by Gasteiger charge is -2.07. The van der Waals surface area contributed by atoms with Crippen LogP contribution in [0, 0.1) is 17.0 Å². The van der Waals surface area contributed by atoms with Crippen molar-refractivity contribution in [1.29, 1.82) is 0 Å². The van der Waals surface area contributed by atoms with Crippen LogP contribution in [-0.2, 0) is 4.74 Å². The molecule has 0 saturated carbocycles. The Kier molecular flexibility index (Phi) is 5.91. The number of nitro groups is 1. The number of aliphatic hydroxyl groups excluding tert-OH is 1. The monoisotopic (exact) mass is 268 g/mol. The van der Waals surface area contributed by atoms with Crippen LogP contribution in [0.5, 0.6) is 0 Å². The minimum atomic E-state index is -0.541. The Morgan fingerprint density at radius 1 is 1.47 bits per heavy atom. The van der Waals surface area contributed by atoms with Gasteiger partial charge in [-0.2, -0.15) is 0 Å². The molecule has 0 unspecified atom stereocenters. The summed E-state index contributed by atoms with van der Waals surface area (Å²) in [7, 11) is 0. The minimum Gasteiger partial charge on any atom is -0.394 e. The van der Waals surface area contributed by atoms with Crippen LogP contribution in [-0.4, -0.2) is 42.3 Å². The molecule has 1 rings (SSSR count). The molecule has 0 aliphatic carbocycles. The van der Waals surface area contributed by atoms with Gasteiger partial charge in [-0.25, -0.2) is 0 Å². The summed E-state index contributed by atoms with van der Waals surface area (Å²) >= 11 is 0. The Hall–Kier alpha value is -1.99. The summed E-state index contributed by atoms with van der Waals surface area (Å²) in [5.41, 5.74) is 0.822. The molecule has 0 atom stereocenters. The number of aliphatic hydroxyl groups is 1. The summed E-state index contributed by atoms with van der Waals surface area (Å²) in [6.45, 7) is 2.41. The van der Waals surface area contributed by atoms with Gasteiger partial charge in [-0.1, -0.05) is 6.07 Å². The van der Waals surface area contributed by atoms with Gasteiger partial charge < -0.3 is 15.2 Å². The molecule has 0 heterocycles. The fourth-order valence-electron chi connectivity index (χ4n) is 1.47. The van der Waals surface area contributed by atoms with Crippen molar-refractivity contribution >= 4 is 11.6 Å². The fourth-order valence-corrected chi connectivity index (χ4v) is 1.47. The normalized spacial score (nSPS) is 10.2. The summed E-state index contributed by atoms with van der Waals surface area (Å²) in [5.74, 6) is -0.381. The molecule has 7 nitrogen and oxygen atoms in total. The number of rotatable bonds is 7. The zero-order valence-corrected chi connectivity index (χ0v) is 10.6. The summed E-state index contributed by atoms with van der Waals surface area (Å²) < 4.78 is 4.99. The number of carbonyl (C=O) groups excluding carboxylic acids is 1. The highest BCUT2D eigenvalue weighted by molar-refractivity contribution is 5.96. The molecule has 0 fully saturated rings. The molecule has 1 aromatic carbocycles. The lowest BCUT2D eigenvalue weighted by atomic mass is 10.1. The van der Waals surface area contributed by atoms with Crippen LogP contribution in [0.15, 0.2) is 18.2 Å². The van der Waals surface area contributed by atoms with Gasteiger partial charge in [0.1, 0.15) is 0 Å². The van der Waals surface area contributed by atoms with Crippen molar-refractivity contribution in [3.05, 3.63) is 39.4 Å². The Morgan fingerprint density at radius 3 is 2.84 bits per heavy atom. The van der Waals surface area contributed by atoms with E-state index in [1.165, 1.54) is 18.2 Å². The number of non-ortho nitro benzene ring substituents is 1. The maximum atomic E-state index is 11.8. The van der Waals surface area contributed by atoms with Crippen LogP contribution in [0.2, 0.25) is 0 Å². The standard InChI is InChI=1S/C12H16N2O5/c1-9-2-3-10(14(17)18)8-11(9)12(16)13-4-6-19-7-5-15/h2-3,8,15H,4-7H2,1H3,(H,13,16). The first-order valence-corrected chi connectivity index (χ1v) is 5.78. The number of nitrogens with zero attached hydrogens (tertiary/aromatic N) is 1. The second kappa shape index (κ2) is 7.45. The Labute approximate surface area is 110 Å². The summed E-state index contributed by atoms with van der Waals surface area (Å²) in [6, 6.07) is 4.14. The number of hydrogen-bond donors (Lipinski definition) is 2. The van der Waals surface area contributed by atoms with Gasteiger partial charge in [-0.15, -0.1) is 0 Å². The molecule has 0 saturated heterocycles. The third kappa shape index (κ3) is 4.65. The van der Waals surface area contributed by atoms with E-state index < -0.39 is 4.92 Å². The van der Waals surface area contributed by atoms with E-state index >= 15 is 0 Å². The molecule has 104 valence electrons. The molecule has 1 amide bonds. The van der Waals surface area contributed by atoms with Crippen molar-refractivity contribution in [3.8, 4) is 0 Å². The number of benzene rings is 1. The van der Waals surface area contributed by atoms with Crippen molar-refractivity contribution in [2.24, 2.45) is 0 Å². The third-order valence-corrected chi connectivity index (χ3v) is 2.44. The lowest BCUT2D eigenvalue weighted by Crippen LogP contribution is -2.28. The van der Waals surface area contributed by atoms with Crippen molar-refractivity contribution in [1.82, 2.24) is 5.32 Å². The van der Waals surface area contributed by atoms with Gasteiger partial charge in [0, 0.05) is 24.2 Å². The maximum absolute atomic E-state index is 11.8. The first kappa shape index (κ1) is 15.1. The number of nitro benzene ring substituents is 1. The van der Waals surface area contributed by atoms with Gasteiger partial charge in [0.2, 0.25) is 0 Å². The summed E-state index contributed by atoms with van der Waals surface area (Å²) in [4.78, 5) is 21.9. The van der Waals surface area contributed by atoms with Crippen LogP contribution < -0.4 is 5.32 Å². The molecule has 19 heavy (non-hydrogen) atoms. The Bertz CT molecular complexity index is 461. The molecule has 0 aromatic heterocycles. The summed E-state index contributed by atoms with van der Waals surface area (Å²) in [5, 5.41) is 21.7. The van der Waals surface area contributed by atoms with E-state index in [2.05, 4.69) is 5.32 Å². The SMILES string of the molecule is Cc1ccc([N+](=O)[O-])cc1C(=O)NCCOCCO. The van der Waals surface area contributed by atoms with E-state index in [1.54, 1.807) is 6.92 Å². The van der Waals surface area contributed by atoms with Gasteiger partial charge in [0.05, 0.1) is 24.7 Å². The maximum Gasteiger partial charge on any atom is 0.270 e. The smallest absolute Gasteiger partial charge is 0.270 e. The number of amides is 1. The first-order valence-electron chi connectivity index (χ1n) is 5.78. The fraction of sp³-hybridized carbons (Fsp3) is 0.417. The first-order chi connectivity index (χ1) is 9.06. The van der Waals surface area contributed by atoms with E-state index in [1.807, 2.05) is 0 Å². The number of nitrogens with one attached hydrogen (secondary N) is 1. The van der Waals surface area contributed by atoms with Gasteiger partial charge in [-0.05, 0) is 12.5 Å². The highest BCUT2D eigenvalue weighted by Gasteiger charge is 2.14. The predicted octanol–water partition coefficient (Wildman–Crippen LogP) is 0.642. The Morgan fingerprint density at radius 2 is 2.21 bits per heavy atom. The van der Waals surface area contributed by atoms with Crippen molar-refractivity contribution in [2.75, 3.05) is 26.4 Å². The molecular weight excluding hydrogens is 252 g/mol. The number of carbonyl (C=O) groups is 1. The number of ether oxygens (including phenoxy) is 1. The lowest BCUT2D eigenvalue weighted by molar-refractivity contribution is -0.384. The van der Waals surface area contributed by atoms with Gasteiger partial charge in [0.25, 0.3) is 11.6 Å². The van der Waals surface area contributed by atoms with E-state index in [-0.39, 0.29) is 43.5 Å². The van der Waals surface area contributed by atoms with E-state index in [0.29, 0.717) is 5.56 Å². The topological polar surface area (TPSA) is 102 Å². The molecular formula is C12H16N2O5. The van der Waals surface area contributed by atoms with Gasteiger partial charge in [0.15, 0.2) is 0 Å². The van der Waals surface area contributed by atoms with Gasteiger partial charge in [-0.3, -0.25) is 14.9 Å². The average molecular weight is 268 g/mol. The van der Waals surface area contributed by atoms with Crippen LogP contribution in [0.4, 0.5) is 5.69 Å². The third-order valence-electron chi connectivity index (χ3n) is 2.44. The molecule has 2 N–H and O–H groups in total. The predicted molar refractivity (Wildman–Crippen MR) is 68.1 cm³/mol. The van der Waals surface area contributed by atoms with Gasteiger partial charge >= 0.3 is 0 Å². The molecule has 0 spiro atoms. The molecule has 0 aliphatic rings. The number of hydrogen-bond acceptors (Lipinski definition) is 5. The van der Waals surface area contributed by atoms with Crippen molar-refractivity contribution in [3.63, 3.8) is 0 Å². The van der Waals surface area contributed by atoms with Crippen LogP contribution >= 0.6 is 0 Å². The molecule has 0 aliphatic heterocycles. The largest absolute Gasteiger partial charge is 0.394 e. The second-order valence-corrected chi connectivity index (χ2v) is 3.85. The molecule has 0 radical (unpaired) electrons. The van der Waals surface area contributed by atoms with Crippen LogP contribution in [0.25, 0.3) is 0 Å². The van der Waals surface area contributed by atoms with E-state index in [9.17, 15) is 14.9 Å². The van der Waals surface area contributed by atoms with E-state index in [0.717, 1.165) is 0 Å². The minimum absolute atomic E-state index is 0.0715. The molecule has 0 bridgehead atoms. The van der Waals surface area contributed by atoms with Crippen LogP contribution in [0.3, 0.4) is 0 Å². The van der Waals surface area contributed by atoms with Crippen molar-refractivity contribution < 1.29 is 19.6 Å². The second-order valence-electron chi connectivity index (χ2n) is 3.85. The van der Waals surface area contributed by atoms with E-state index in [4.69, 9.17) is 9.84 Å². The zero-order valence-electron chi connectivity index (χ0n) is 10.6. The Balaban J connectivity index is 2.61. The molecule has 7 heteroatoms. The quantitative estimate of drug-likeness (QED) is 0.429. The number of aryl methyl sites for hydroxylation is 1. The molecule has 1 aromatic rings. The summed E-state index contributed by atoms with van der Waals surface area (Å²) in [6.07, 6.45) is 0. The highest BCUT2D eigenvalue weighted by atomic mass is 16.6. The zero-order chi connectivity index (χ0) is 14.3. The van der Waals surface area contributed by atoms with Crippen LogP contribution in [0.1, 0.15) is 15.9 Å². The average Bonchev–Trinajstić information content (AvgIpc) is 2.38. The highest BCUT2D eigenvalue weighted by Crippen LogP contribution is 2.17. The van der Waals surface area contributed by atoms with Crippen molar-refractivity contribution in [2.45, 2.75) is 6.92 Å².